The summed E-state index contributed by atoms with van der Waals surface area (Å²) >= 11 is 0. The average molecular weight is 290 g/mol. The molecule has 6 nitrogen and oxygen atoms in total. The molecule has 2 rings (SSSR count). The number of carbonyl (C=O) groups excluding carboxylic acids is 2. The minimum absolute atomic E-state index is 0.0511. The number of rotatable bonds is 3. The monoisotopic (exact) mass is 290 g/mol. The lowest BCUT2D eigenvalue weighted by atomic mass is 10.2. The van der Waals surface area contributed by atoms with Gasteiger partial charge in [0, 0.05) is 20.1 Å². The first-order valence-corrected chi connectivity index (χ1v) is 7.08. The maximum atomic E-state index is 12.1. The van der Waals surface area contributed by atoms with E-state index in [9.17, 15) is 9.59 Å². The molecule has 0 saturated carbocycles. The standard InChI is InChI=1S/C15H22N4O2/c1-11-4-5-13(12(16)8-11)17-14(20)9-19-7-3-6-18(2)15(21)10-19/h4-5,8H,3,6-7,9-10,16H2,1-2H3,(H,17,20). The zero-order chi connectivity index (χ0) is 15.4. The van der Waals surface area contributed by atoms with Crippen molar-refractivity contribution >= 4 is 23.2 Å². The van der Waals surface area contributed by atoms with Gasteiger partial charge in [0.2, 0.25) is 11.8 Å². The fourth-order valence-electron chi connectivity index (χ4n) is 2.37. The number of likely N-dealkylation sites (N-methyl/N-ethyl adjacent to an activating group) is 1. The molecule has 1 heterocycles. The number of nitrogens with zero attached hydrogens (tertiary/aromatic N) is 2. The molecule has 2 amide bonds. The molecule has 114 valence electrons. The largest absolute Gasteiger partial charge is 0.397 e. The maximum absolute atomic E-state index is 12.1. The Morgan fingerprint density at radius 3 is 2.86 bits per heavy atom. The summed E-state index contributed by atoms with van der Waals surface area (Å²) in [6, 6.07) is 5.51. The molecule has 0 aromatic heterocycles. The van der Waals surface area contributed by atoms with Gasteiger partial charge in [-0.25, -0.2) is 0 Å². The first kappa shape index (κ1) is 15.3. The van der Waals surface area contributed by atoms with E-state index in [0.717, 1.165) is 25.1 Å². The second kappa shape index (κ2) is 6.58. The first-order chi connectivity index (χ1) is 9.95. The SMILES string of the molecule is Cc1ccc(NC(=O)CN2CCCN(C)C(=O)C2)c(N)c1. The van der Waals surface area contributed by atoms with E-state index in [1.54, 1.807) is 18.0 Å². The van der Waals surface area contributed by atoms with Crippen LogP contribution < -0.4 is 11.1 Å². The fraction of sp³-hybridized carbons (Fsp3) is 0.467. The van der Waals surface area contributed by atoms with E-state index < -0.39 is 0 Å². The lowest BCUT2D eigenvalue weighted by Crippen LogP contribution is -2.38. The summed E-state index contributed by atoms with van der Waals surface area (Å²) in [5, 5.41) is 2.80. The molecule has 1 saturated heterocycles. The molecule has 0 atom stereocenters. The number of carbonyl (C=O) groups is 2. The molecule has 0 unspecified atom stereocenters. The van der Waals surface area contributed by atoms with Crippen LogP contribution in [0.5, 0.6) is 0 Å². The Balaban J connectivity index is 1.93. The molecule has 0 radical (unpaired) electrons. The lowest BCUT2D eigenvalue weighted by molar-refractivity contribution is -0.130. The Morgan fingerprint density at radius 2 is 2.14 bits per heavy atom. The zero-order valence-electron chi connectivity index (χ0n) is 12.6. The minimum atomic E-state index is -0.150. The third-order valence-corrected chi connectivity index (χ3v) is 3.60. The number of amides is 2. The highest BCUT2D eigenvalue weighted by molar-refractivity contribution is 5.95. The first-order valence-electron chi connectivity index (χ1n) is 7.08. The van der Waals surface area contributed by atoms with Gasteiger partial charge in [0.05, 0.1) is 24.5 Å². The number of hydrogen-bond acceptors (Lipinski definition) is 4. The molecule has 21 heavy (non-hydrogen) atoms. The van der Waals surface area contributed by atoms with E-state index in [1.807, 2.05) is 24.0 Å². The van der Waals surface area contributed by atoms with Gasteiger partial charge in [-0.1, -0.05) is 6.07 Å². The van der Waals surface area contributed by atoms with Crippen LogP contribution >= 0.6 is 0 Å². The maximum Gasteiger partial charge on any atom is 0.238 e. The van der Waals surface area contributed by atoms with Crippen molar-refractivity contribution in [3.63, 3.8) is 0 Å². The second-order valence-electron chi connectivity index (χ2n) is 5.52. The summed E-state index contributed by atoms with van der Waals surface area (Å²) in [6.07, 6.45) is 0.877. The summed E-state index contributed by atoms with van der Waals surface area (Å²) in [6.45, 7) is 3.91. The van der Waals surface area contributed by atoms with Crippen molar-refractivity contribution in [2.75, 3.05) is 44.3 Å². The molecule has 0 spiro atoms. The van der Waals surface area contributed by atoms with Crippen molar-refractivity contribution in [2.24, 2.45) is 0 Å². The van der Waals surface area contributed by atoms with E-state index in [0.29, 0.717) is 11.4 Å². The van der Waals surface area contributed by atoms with Crippen LogP contribution in [0.15, 0.2) is 18.2 Å². The predicted molar refractivity (Wildman–Crippen MR) is 82.9 cm³/mol. The highest BCUT2D eigenvalue weighted by Crippen LogP contribution is 2.19. The highest BCUT2D eigenvalue weighted by Gasteiger charge is 2.20. The van der Waals surface area contributed by atoms with Crippen LogP contribution in [0.1, 0.15) is 12.0 Å². The van der Waals surface area contributed by atoms with Crippen molar-refractivity contribution in [3.8, 4) is 0 Å². The lowest BCUT2D eigenvalue weighted by Gasteiger charge is -2.19. The molecule has 1 fully saturated rings. The number of nitrogen functional groups attached to an aromatic ring is 1. The molecule has 3 N–H and O–H groups in total. The van der Waals surface area contributed by atoms with Gasteiger partial charge in [0.25, 0.3) is 0 Å². The second-order valence-corrected chi connectivity index (χ2v) is 5.52. The van der Waals surface area contributed by atoms with Crippen LogP contribution in [-0.4, -0.2) is 54.8 Å². The van der Waals surface area contributed by atoms with Gasteiger partial charge in [-0.15, -0.1) is 0 Å². The van der Waals surface area contributed by atoms with E-state index in [1.165, 1.54) is 0 Å². The Hall–Kier alpha value is -2.08. The van der Waals surface area contributed by atoms with Crippen molar-refractivity contribution < 1.29 is 9.59 Å². The van der Waals surface area contributed by atoms with Gasteiger partial charge >= 0.3 is 0 Å². The van der Waals surface area contributed by atoms with Gasteiger partial charge < -0.3 is 16.0 Å². The zero-order valence-corrected chi connectivity index (χ0v) is 12.6. The van der Waals surface area contributed by atoms with Crippen molar-refractivity contribution in [1.29, 1.82) is 0 Å². The Morgan fingerprint density at radius 1 is 1.38 bits per heavy atom. The van der Waals surface area contributed by atoms with Crippen LogP contribution in [0.25, 0.3) is 0 Å². The minimum Gasteiger partial charge on any atom is -0.397 e. The van der Waals surface area contributed by atoms with Crippen LogP contribution in [0, 0.1) is 6.92 Å². The number of hydrogen-bond donors (Lipinski definition) is 2. The highest BCUT2D eigenvalue weighted by atomic mass is 16.2. The Labute approximate surface area is 124 Å². The molecule has 1 aromatic carbocycles. The van der Waals surface area contributed by atoms with Crippen molar-refractivity contribution in [3.05, 3.63) is 23.8 Å². The summed E-state index contributed by atoms with van der Waals surface area (Å²) in [5.41, 5.74) is 8.09. The van der Waals surface area contributed by atoms with Crippen LogP contribution in [0.3, 0.4) is 0 Å². The van der Waals surface area contributed by atoms with Gasteiger partial charge in [-0.2, -0.15) is 0 Å². The summed E-state index contributed by atoms with van der Waals surface area (Å²) in [5.74, 6) is -0.0990. The smallest absolute Gasteiger partial charge is 0.238 e. The number of nitrogens with two attached hydrogens (primary N) is 1. The molecule has 1 aliphatic rings. The van der Waals surface area contributed by atoms with Crippen molar-refractivity contribution in [1.82, 2.24) is 9.80 Å². The quantitative estimate of drug-likeness (QED) is 0.802. The normalized spacial score (nSPS) is 16.7. The topological polar surface area (TPSA) is 78.7 Å². The third kappa shape index (κ3) is 4.19. The van der Waals surface area contributed by atoms with E-state index in [4.69, 9.17) is 5.73 Å². The molecule has 6 heteroatoms. The van der Waals surface area contributed by atoms with Gasteiger partial charge in [0.15, 0.2) is 0 Å². The Kier molecular flexibility index (Phi) is 4.80. The molecular formula is C15H22N4O2. The average Bonchev–Trinajstić information content (AvgIpc) is 2.55. The Bertz CT molecular complexity index is 544. The third-order valence-electron chi connectivity index (χ3n) is 3.60. The summed E-state index contributed by atoms with van der Waals surface area (Å²) < 4.78 is 0. The van der Waals surface area contributed by atoms with E-state index in [2.05, 4.69) is 5.32 Å². The van der Waals surface area contributed by atoms with Gasteiger partial charge in [0.1, 0.15) is 0 Å². The van der Waals surface area contributed by atoms with Crippen LogP contribution in [-0.2, 0) is 9.59 Å². The van der Waals surface area contributed by atoms with Crippen molar-refractivity contribution in [2.45, 2.75) is 13.3 Å². The molecule has 1 aliphatic heterocycles. The van der Waals surface area contributed by atoms with E-state index in [-0.39, 0.29) is 24.9 Å². The van der Waals surface area contributed by atoms with Crippen LogP contribution in [0.2, 0.25) is 0 Å². The number of nitrogens with one attached hydrogen (secondary N) is 1. The van der Waals surface area contributed by atoms with E-state index >= 15 is 0 Å². The fourth-order valence-corrected chi connectivity index (χ4v) is 2.37. The summed E-state index contributed by atoms with van der Waals surface area (Å²) in [7, 11) is 1.79. The molecule has 0 bridgehead atoms. The molecule has 1 aromatic rings. The number of anilines is 2. The summed E-state index contributed by atoms with van der Waals surface area (Å²) in [4.78, 5) is 27.4. The van der Waals surface area contributed by atoms with Gasteiger partial charge in [-0.3, -0.25) is 14.5 Å². The number of aryl methyl sites for hydroxylation is 1. The van der Waals surface area contributed by atoms with Gasteiger partial charge in [-0.05, 0) is 31.0 Å². The predicted octanol–water partition coefficient (Wildman–Crippen LogP) is 0.680. The molecule has 0 aliphatic carbocycles. The number of benzene rings is 1. The molecular weight excluding hydrogens is 268 g/mol. The van der Waals surface area contributed by atoms with Crippen LogP contribution in [0.4, 0.5) is 11.4 Å².